The van der Waals surface area contributed by atoms with E-state index < -0.39 is 23.6 Å². The topological polar surface area (TPSA) is 71.5 Å². The summed E-state index contributed by atoms with van der Waals surface area (Å²) in [5.74, 6) is -0.581. The number of halogens is 5. The van der Waals surface area contributed by atoms with E-state index in [0.29, 0.717) is 27.7 Å². The van der Waals surface area contributed by atoms with Crippen LogP contribution in [0.4, 0.5) is 18.9 Å². The molecule has 3 aromatic carbocycles. The molecular weight excluding hydrogens is 578 g/mol. The van der Waals surface area contributed by atoms with Gasteiger partial charge >= 0.3 is 6.18 Å². The number of pyridine rings is 1. The fraction of sp³-hybridized carbons (Fsp3) is 0.167. The van der Waals surface area contributed by atoms with Gasteiger partial charge in [-0.15, -0.1) is 0 Å². The number of fused-ring (bicyclic) bond motifs is 1. The number of para-hydroxylation sites is 1. The molecule has 0 atom stereocenters. The number of nitrogens with one attached hydrogen (secondary N) is 1. The van der Waals surface area contributed by atoms with Crippen LogP contribution in [0.15, 0.2) is 72.8 Å². The second-order valence-corrected chi connectivity index (χ2v) is 9.82. The number of benzene rings is 3. The van der Waals surface area contributed by atoms with Crippen molar-refractivity contribution >= 4 is 57.7 Å². The monoisotopic (exact) mass is 601 g/mol. The van der Waals surface area contributed by atoms with Crippen LogP contribution in [0.3, 0.4) is 0 Å². The standard InChI is InChI=1S/C30H24Cl2F3N3O3/c1-18-26(15-20-7-3-4-9-24(20)37-18)41-17-22-23(31)11-12-25(29(22)32)38(2)28(40)16-36-27(39)13-10-19-6-5-8-21(14-19)30(33,34)35/h3-15H,16-17H2,1-2H3,(H,36,39)/b13-10+. The molecule has 11 heteroatoms. The molecule has 1 aromatic heterocycles. The van der Waals surface area contributed by atoms with Crippen molar-refractivity contribution in [1.29, 1.82) is 0 Å². The number of hydrogen-bond donors (Lipinski definition) is 1. The number of aromatic nitrogens is 1. The van der Waals surface area contributed by atoms with E-state index in [9.17, 15) is 22.8 Å². The van der Waals surface area contributed by atoms with Gasteiger partial charge in [0, 0.05) is 29.1 Å². The highest BCUT2D eigenvalue weighted by Gasteiger charge is 2.30. The zero-order valence-corrected chi connectivity index (χ0v) is 23.4. The van der Waals surface area contributed by atoms with Crippen LogP contribution in [0.1, 0.15) is 22.4 Å². The van der Waals surface area contributed by atoms with Gasteiger partial charge in [-0.1, -0.05) is 53.5 Å². The van der Waals surface area contributed by atoms with Gasteiger partial charge in [0.2, 0.25) is 11.8 Å². The van der Waals surface area contributed by atoms with E-state index in [1.54, 1.807) is 12.1 Å². The fourth-order valence-electron chi connectivity index (χ4n) is 3.93. The van der Waals surface area contributed by atoms with Crippen LogP contribution in [-0.2, 0) is 22.4 Å². The van der Waals surface area contributed by atoms with E-state index in [4.69, 9.17) is 27.9 Å². The molecule has 0 aliphatic carbocycles. The third-order valence-electron chi connectivity index (χ3n) is 6.20. The van der Waals surface area contributed by atoms with Crippen LogP contribution in [0.2, 0.25) is 10.0 Å². The normalized spacial score (nSPS) is 11.6. The molecule has 0 fully saturated rings. The number of ether oxygens (including phenoxy) is 1. The summed E-state index contributed by atoms with van der Waals surface area (Å²) < 4.78 is 44.6. The molecular formula is C30H24Cl2F3N3O3. The zero-order valence-electron chi connectivity index (χ0n) is 21.9. The average molecular weight is 602 g/mol. The molecule has 0 unspecified atom stereocenters. The van der Waals surface area contributed by atoms with Crippen molar-refractivity contribution in [1.82, 2.24) is 10.3 Å². The van der Waals surface area contributed by atoms with Crippen LogP contribution in [-0.4, -0.2) is 30.4 Å². The highest BCUT2D eigenvalue weighted by molar-refractivity contribution is 6.38. The molecule has 0 saturated heterocycles. The summed E-state index contributed by atoms with van der Waals surface area (Å²) in [6.07, 6.45) is -2.21. The number of rotatable bonds is 8. The van der Waals surface area contributed by atoms with E-state index in [-0.39, 0.29) is 23.7 Å². The van der Waals surface area contributed by atoms with Gasteiger partial charge in [-0.05, 0) is 55.0 Å². The first kappa shape index (κ1) is 29.9. The van der Waals surface area contributed by atoms with Crippen molar-refractivity contribution in [2.45, 2.75) is 19.7 Å². The van der Waals surface area contributed by atoms with Crippen LogP contribution < -0.4 is 15.0 Å². The minimum atomic E-state index is -4.50. The molecule has 2 amide bonds. The van der Waals surface area contributed by atoms with E-state index in [0.717, 1.165) is 29.1 Å². The Morgan fingerprint density at radius 1 is 1.05 bits per heavy atom. The predicted octanol–water partition coefficient (Wildman–Crippen LogP) is 7.24. The van der Waals surface area contributed by atoms with Crippen molar-refractivity contribution in [2.75, 3.05) is 18.5 Å². The Labute approximate surface area is 244 Å². The van der Waals surface area contributed by atoms with Gasteiger partial charge in [-0.3, -0.25) is 9.59 Å². The molecule has 0 radical (unpaired) electrons. The lowest BCUT2D eigenvalue weighted by molar-refractivity contribution is -0.137. The highest BCUT2D eigenvalue weighted by atomic mass is 35.5. The Bertz CT molecular complexity index is 1640. The van der Waals surface area contributed by atoms with Gasteiger partial charge in [0.15, 0.2) is 0 Å². The van der Waals surface area contributed by atoms with E-state index in [1.807, 2.05) is 37.3 Å². The number of likely N-dealkylation sites (N-methyl/N-ethyl adjacent to an activating group) is 1. The van der Waals surface area contributed by atoms with Crippen molar-refractivity contribution < 1.29 is 27.5 Å². The number of nitrogens with zero attached hydrogens (tertiary/aromatic N) is 2. The van der Waals surface area contributed by atoms with Crippen LogP contribution in [0, 0.1) is 6.92 Å². The smallest absolute Gasteiger partial charge is 0.416 e. The SMILES string of the molecule is Cc1nc2ccccc2cc1OCc1c(Cl)ccc(N(C)C(=O)CNC(=O)/C=C/c2cccc(C(F)(F)F)c2)c1Cl. The molecule has 1 heterocycles. The number of aryl methyl sites for hydroxylation is 1. The summed E-state index contributed by atoms with van der Waals surface area (Å²) in [4.78, 5) is 30.8. The number of alkyl halides is 3. The van der Waals surface area contributed by atoms with Crippen molar-refractivity contribution in [3.05, 3.63) is 105 Å². The number of hydrogen-bond acceptors (Lipinski definition) is 4. The van der Waals surface area contributed by atoms with Gasteiger partial charge in [0.25, 0.3) is 0 Å². The Morgan fingerprint density at radius 3 is 2.56 bits per heavy atom. The molecule has 212 valence electrons. The predicted molar refractivity (Wildman–Crippen MR) is 154 cm³/mol. The minimum absolute atomic E-state index is 0.0193. The Kier molecular flexibility index (Phi) is 9.20. The fourth-order valence-corrected chi connectivity index (χ4v) is 4.54. The van der Waals surface area contributed by atoms with Crippen LogP contribution in [0.25, 0.3) is 17.0 Å². The lowest BCUT2D eigenvalue weighted by atomic mass is 10.1. The first-order chi connectivity index (χ1) is 19.4. The second kappa shape index (κ2) is 12.6. The van der Waals surface area contributed by atoms with E-state index in [1.165, 1.54) is 30.2 Å². The molecule has 0 aliphatic rings. The summed E-state index contributed by atoms with van der Waals surface area (Å²) in [5.41, 5.74) is 1.71. The molecule has 4 rings (SSSR count). The van der Waals surface area contributed by atoms with E-state index in [2.05, 4.69) is 10.3 Å². The number of carbonyl (C=O) groups is 2. The number of amides is 2. The lowest BCUT2D eigenvalue weighted by Gasteiger charge is -2.21. The number of anilines is 1. The van der Waals surface area contributed by atoms with E-state index >= 15 is 0 Å². The summed E-state index contributed by atoms with van der Waals surface area (Å²) in [6.45, 7) is 1.47. The quantitative estimate of drug-likeness (QED) is 0.216. The molecule has 0 aliphatic heterocycles. The lowest BCUT2D eigenvalue weighted by Crippen LogP contribution is -2.37. The highest BCUT2D eigenvalue weighted by Crippen LogP contribution is 2.35. The summed E-state index contributed by atoms with van der Waals surface area (Å²) in [6, 6.07) is 17.2. The third kappa shape index (κ3) is 7.36. The molecule has 6 nitrogen and oxygen atoms in total. The molecule has 1 N–H and O–H groups in total. The van der Waals surface area contributed by atoms with Gasteiger partial charge < -0.3 is 15.0 Å². The molecule has 4 aromatic rings. The summed E-state index contributed by atoms with van der Waals surface area (Å²) in [5, 5.41) is 3.88. The Hall–Kier alpha value is -4.08. The molecule has 0 bridgehead atoms. The van der Waals surface area contributed by atoms with Gasteiger partial charge in [0.1, 0.15) is 12.4 Å². The average Bonchev–Trinajstić information content (AvgIpc) is 2.94. The van der Waals surface area contributed by atoms with Crippen LogP contribution in [0.5, 0.6) is 5.75 Å². The zero-order chi connectivity index (χ0) is 29.7. The summed E-state index contributed by atoms with van der Waals surface area (Å²) in [7, 11) is 1.49. The van der Waals surface area contributed by atoms with Gasteiger partial charge in [-0.25, -0.2) is 4.98 Å². The molecule has 41 heavy (non-hydrogen) atoms. The molecule has 0 spiro atoms. The van der Waals surface area contributed by atoms with Crippen LogP contribution >= 0.6 is 23.2 Å². The van der Waals surface area contributed by atoms with Crippen molar-refractivity contribution in [3.8, 4) is 5.75 Å². The van der Waals surface area contributed by atoms with Crippen molar-refractivity contribution in [2.24, 2.45) is 0 Å². The first-order valence-corrected chi connectivity index (χ1v) is 13.1. The Balaban J connectivity index is 1.40. The van der Waals surface area contributed by atoms with Gasteiger partial charge in [-0.2, -0.15) is 13.2 Å². The largest absolute Gasteiger partial charge is 0.487 e. The maximum absolute atomic E-state index is 12.9. The second-order valence-electron chi connectivity index (χ2n) is 9.04. The van der Waals surface area contributed by atoms with Crippen molar-refractivity contribution in [3.63, 3.8) is 0 Å². The minimum Gasteiger partial charge on any atom is -0.487 e. The maximum Gasteiger partial charge on any atom is 0.416 e. The Morgan fingerprint density at radius 2 is 1.80 bits per heavy atom. The van der Waals surface area contributed by atoms with Gasteiger partial charge in [0.05, 0.1) is 34.0 Å². The first-order valence-electron chi connectivity index (χ1n) is 12.3. The molecule has 0 saturated carbocycles. The summed E-state index contributed by atoms with van der Waals surface area (Å²) >= 11 is 13.0. The number of carbonyl (C=O) groups excluding carboxylic acids is 2. The third-order valence-corrected chi connectivity index (χ3v) is 6.97. The maximum atomic E-state index is 12.9.